The number of hydrogen-bond donors (Lipinski definition) is 1. The Labute approximate surface area is 127 Å². The molecule has 0 bridgehead atoms. The summed E-state index contributed by atoms with van der Waals surface area (Å²) in [5.41, 5.74) is 1.86. The highest BCUT2D eigenvalue weighted by Gasteiger charge is 2.18. The fourth-order valence-electron chi connectivity index (χ4n) is 1.97. The third-order valence-corrected chi connectivity index (χ3v) is 3.63. The summed E-state index contributed by atoms with van der Waals surface area (Å²) in [6.45, 7) is 4.96. The number of hydrogen-bond acceptors (Lipinski definition) is 2. The molecule has 0 saturated heterocycles. The van der Waals surface area contributed by atoms with Crippen LogP contribution in [0, 0.1) is 5.41 Å². The van der Waals surface area contributed by atoms with E-state index in [1.807, 2.05) is 43.3 Å². The maximum absolute atomic E-state index is 12.1. The summed E-state index contributed by atoms with van der Waals surface area (Å²) < 4.78 is 0. The molecule has 0 aliphatic heterocycles. The molecule has 0 aromatic heterocycles. The molecule has 0 saturated carbocycles. The Morgan fingerprint density at radius 1 is 1.25 bits per heavy atom. The molecule has 1 aromatic carbocycles. The fraction of sp³-hybridized carbons (Fsp3) is 0.562. The number of benzene rings is 1. The minimum Gasteiger partial charge on any atom is -0.378 e. The van der Waals surface area contributed by atoms with Crippen LogP contribution in [-0.2, 0) is 0 Å². The van der Waals surface area contributed by atoms with E-state index >= 15 is 0 Å². The first kappa shape index (κ1) is 16.8. The minimum atomic E-state index is -0.0192. The lowest BCUT2D eigenvalue weighted by Crippen LogP contribution is -2.34. The van der Waals surface area contributed by atoms with Crippen LogP contribution in [0.4, 0.5) is 5.69 Å². The molecule has 1 amide bonds. The average molecular weight is 297 g/mol. The second-order valence-corrected chi connectivity index (χ2v) is 6.46. The van der Waals surface area contributed by atoms with Crippen LogP contribution in [-0.4, -0.2) is 32.4 Å². The standard InChI is InChI=1S/C16H25ClN2O/c1-16(2,10-5-11-17)12-18-15(20)13-6-8-14(9-7-13)19(3)4/h6-9H,5,10-12H2,1-4H3,(H,18,20). The highest BCUT2D eigenvalue weighted by Crippen LogP contribution is 2.21. The van der Waals surface area contributed by atoms with Crippen molar-refractivity contribution in [1.82, 2.24) is 5.32 Å². The molecule has 0 spiro atoms. The Hall–Kier alpha value is -1.22. The van der Waals surface area contributed by atoms with Gasteiger partial charge >= 0.3 is 0 Å². The summed E-state index contributed by atoms with van der Waals surface area (Å²) in [6, 6.07) is 7.62. The lowest BCUT2D eigenvalue weighted by molar-refractivity contribution is 0.0934. The van der Waals surface area contributed by atoms with Crippen LogP contribution in [0.3, 0.4) is 0 Å². The van der Waals surface area contributed by atoms with Gasteiger partial charge in [0.05, 0.1) is 0 Å². The second-order valence-electron chi connectivity index (χ2n) is 6.08. The van der Waals surface area contributed by atoms with E-state index in [1.54, 1.807) is 0 Å². The summed E-state index contributed by atoms with van der Waals surface area (Å²) in [5, 5.41) is 3.00. The van der Waals surface area contributed by atoms with Crippen molar-refractivity contribution in [2.45, 2.75) is 26.7 Å². The maximum Gasteiger partial charge on any atom is 0.251 e. The molecule has 0 unspecified atom stereocenters. The number of carbonyl (C=O) groups excluding carboxylic acids is 1. The highest BCUT2D eigenvalue weighted by atomic mass is 35.5. The first-order valence-electron chi connectivity index (χ1n) is 6.97. The van der Waals surface area contributed by atoms with Crippen molar-refractivity contribution in [3.8, 4) is 0 Å². The number of rotatable bonds is 7. The van der Waals surface area contributed by atoms with E-state index < -0.39 is 0 Å². The molecule has 4 heteroatoms. The summed E-state index contributed by atoms with van der Waals surface area (Å²) in [4.78, 5) is 14.1. The summed E-state index contributed by atoms with van der Waals surface area (Å²) >= 11 is 5.72. The van der Waals surface area contributed by atoms with Crippen molar-refractivity contribution in [1.29, 1.82) is 0 Å². The lowest BCUT2D eigenvalue weighted by atomic mass is 9.88. The molecule has 0 radical (unpaired) electrons. The largest absolute Gasteiger partial charge is 0.378 e. The molecule has 3 nitrogen and oxygen atoms in total. The lowest BCUT2D eigenvalue weighted by Gasteiger charge is -2.24. The molecular formula is C16H25ClN2O. The summed E-state index contributed by atoms with van der Waals surface area (Å²) in [5.74, 6) is 0.651. The molecule has 1 N–H and O–H groups in total. The van der Waals surface area contributed by atoms with Gasteiger partial charge in [-0.2, -0.15) is 0 Å². The van der Waals surface area contributed by atoms with E-state index in [4.69, 9.17) is 11.6 Å². The van der Waals surface area contributed by atoms with Gasteiger partial charge < -0.3 is 10.2 Å². The van der Waals surface area contributed by atoms with Gasteiger partial charge in [0.1, 0.15) is 0 Å². The maximum atomic E-state index is 12.1. The number of nitrogens with zero attached hydrogens (tertiary/aromatic N) is 1. The Balaban J connectivity index is 2.54. The molecular weight excluding hydrogens is 272 g/mol. The van der Waals surface area contributed by atoms with Gasteiger partial charge in [-0.15, -0.1) is 11.6 Å². The van der Waals surface area contributed by atoms with Gasteiger partial charge in [0.25, 0.3) is 5.91 Å². The zero-order valence-electron chi connectivity index (χ0n) is 12.9. The fourth-order valence-corrected chi connectivity index (χ4v) is 2.10. The van der Waals surface area contributed by atoms with Crippen LogP contribution in [0.5, 0.6) is 0 Å². The Kier molecular flexibility index (Phi) is 6.34. The van der Waals surface area contributed by atoms with Crippen molar-refractivity contribution < 1.29 is 4.79 Å². The highest BCUT2D eigenvalue weighted by molar-refractivity contribution is 6.17. The van der Waals surface area contributed by atoms with E-state index in [0.717, 1.165) is 18.5 Å². The number of carbonyl (C=O) groups is 1. The van der Waals surface area contributed by atoms with Gasteiger partial charge in [0.2, 0.25) is 0 Å². The van der Waals surface area contributed by atoms with Crippen LogP contribution in [0.1, 0.15) is 37.0 Å². The van der Waals surface area contributed by atoms with Gasteiger partial charge in [-0.1, -0.05) is 13.8 Å². The van der Waals surface area contributed by atoms with Crippen molar-refractivity contribution in [3.63, 3.8) is 0 Å². The molecule has 0 atom stereocenters. The van der Waals surface area contributed by atoms with Crippen LogP contribution in [0.2, 0.25) is 0 Å². The van der Waals surface area contributed by atoms with E-state index in [2.05, 4.69) is 19.2 Å². The van der Waals surface area contributed by atoms with Crippen LogP contribution in [0.25, 0.3) is 0 Å². The number of anilines is 1. The number of amides is 1. The minimum absolute atomic E-state index is 0.0192. The van der Waals surface area contributed by atoms with E-state index in [-0.39, 0.29) is 11.3 Å². The zero-order chi connectivity index (χ0) is 15.2. The zero-order valence-corrected chi connectivity index (χ0v) is 13.6. The normalized spacial score (nSPS) is 11.2. The summed E-state index contributed by atoms with van der Waals surface area (Å²) in [7, 11) is 3.96. The average Bonchev–Trinajstić information content (AvgIpc) is 2.43. The first-order valence-corrected chi connectivity index (χ1v) is 7.51. The Morgan fingerprint density at radius 2 is 1.85 bits per heavy atom. The predicted octanol–water partition coefficient (Wildman–Crippen LogP) is 3.53. The molecule has 0 heterocycles. The van der Waals surface area contributed by atoms with Crippen molar-refractivity contribution in [2.75, 3.05) is 31.4 Å². The van der Waals surface area contributed by atoms with E-state index in [1.165, 1.54) is 0 Å². The van der Waals surface area contributed by atoms with Gasteiger partial charge in [-0.3, -0.25) is 4.79 Å². The van der Waals surface area contributed by atoms with Crippen molar-refractivity contribution in [2.24, 2.45) is 5.41 Å². The topological polar surface area (TPSA) is 32.3 Å². The van der Waals surface area contributed by atoms with Crippen molar-refractivity contribution in [3.05, 3.63) is 29.8 Å². The Bertz CT molecular complexity index is 427. The quantitative estimate of drug-likeness (QED) is 0.781. The molecule has 0 aliphatic carbocycles. The van der Waals surface area contributed by atoms with Crippen LogP contribution in [0.15, 0.2) is 24.3 Å². The smallest absolute Gasteiger partial charge is 0.251 e. The first-order chi connectivity index (χ1) is 9.35. The number of nitrogens with one attached hydrogen (secondary N) is 1. The molecule has 0 aliphatic rings. The summed E-state index contributed by atoms with van der Waals surface area (Å²) in [6.07, 6.45) is 1.98. The second kappa shape index (κ2) is 7.53. The van der Waals surface area contributed by atoms with Crippen LogP contribution < -0.4 is 10.2 Å². The van der Waals surface area contributed by atoms with Gasteiger partial charge in [0, 0.05) is 37.8 Å². The van der Waals surface area contributed by atoms with Gasteiger partial charge in [0.15, 0.2) is 0 Å². The molecule has 1 rings (SSSR count). The van der Waals surface area contributed by atoms with Gasteiger partial charge in [-0.05, 0) is 42.5 Å². The third-order valence-electron chi connectivity index (χ3n) is 3.36. The number of halogens is 1. The van der Waals surface area contributed by atoms with Crippen LogP contribution >= 0.6 is 11.6 Å². The predicted molar refractivity (Wildman–Crippen MR) is 86.8 cm³/mol. The molecule has 1 aromatic rings. The molecule has 112 valence electrons. The van der Waals surface area contributed by atoms with Crippen molar-refractivity contribution >= 4 is 23.2 Å². The third kappa shape index (κ3) is 5.41. The monoisotopic (exact) mass is 296 g/mol. The molecule has 20 heavy (non-hydrogen) atoms. The SMILES string of the molecule is CN(C)c1ccc(C(=O)NCC(C)(C)CCCCl)cc1. The number of alkyl halides is 1. The van der Waals surface area contributed by atoms with E-state index in [0.29, 0.717) is 18.0 Å². The Morgan fingerprint density at radius 3 is 2.35 bits per heavy atom. The van der Waals surface area contributed by atoms with E-state index in [9.17, 15) is 4.79 Å². The molecule has 0 fully saturated rings. The van der Waals surface area contributed by atoms with Gasteiger partial charge in [-0.25, -0.2) is 0 Å².